The molecule has 1 aromatic heterocycles. The first-order valence-corrected chi connectivity index (χ1v) is 7.68. The van der Waals surface area contributed by atoms with Crippen LogP contribution in [0.15, 0.2) is 23.6 Å². The standard InChI is InChI=1S/C14H15ClFN3OS/c1-3-19(9(2)20)14-18-11(8-21-14)7-17-13-6-10(15)4-5-12(13)16/h4-6,8,17H,3,7H2,1-2H3. The molecule has 0 aliphatic heterocycles. The lowest BCUT2D eigenvalue weighted by Crippen LogP contribution is -2.27. The summed E-state index contributed by atoms with van der Waals surface area (Å²) < 4.78 is 13.6. The van der Waals surface area contributed by atoms with Crippen molar-refractivity contribution in [2.75, 3.05) is 16.8 Å². The lowest BCUT2D eigenvalue weighted by molar-refractivity contribution is -0.116. The molecule has 0 saturated carbocycles. The van der Waals surface area contributed by atoms with Crippen molar-refractivity contribution in [1.82, 2.24) is 4.98 Å². The maximum absolute atomic E-state index is 13.6. The number of hydrogen-bond donors (Lipinski definition) is 1. The van der Waals surface area contributed by atoms with Gasteiger partial charge < -0.3 is 5.32 Å². The second-order valence-electron chi connectivity index (χ2n) is 4.36. The van der Waals surface area contributed by atoms with E-state index in [2.05, 4.69) is 10.3 Å². The van der Waals surface area contributed by atoms with Gasteiger partial charge in [0.2, 0.25) is 5.91 Å². The molecule has 1 amide bonds. The van der Waals surface area contributed by atoms with Crippen molar-refractivity contribution in [2.45, 2.75) is 20.4 Å². The lowest BCUT2D eigenvalue weighted by atomic mass is 10.3. The van der Waals surface area contributed by atoms with Gasteiger partial charge in [0.1, 0.15) is 5.82 Å². The molecule has 0 bridgehead atoms. The minimum atomic E-state index is -0.367. The topological polar surface area (TPSA) is 45.2 Å². The van der Waals surface area contributed by atoms with E-state index in [1.165, 1.54) is 36.5 Å². The highest BCUT2D eigenvalue weighted by Gasteiger charge is 2.13. The Bertz CT molecular complexity index is 647. The summed E-state index contributed by atoms with van der Waals surface area (Å²) in [5.41, 5.74) is 1.07. The molecule has 0 saturated heterocycles. The van der Waals surface area contributed by atoms with E-state index in [-0.39, 0.29) is 11.7 Å². The summed E-state index contributed by atoms with van der Waals surface area (Å²) in [6.07, 6.45) is 0. The number of benzene rings is 1. The molecule has 1 aromatic carbocycles. The number of rotatable bonds is 5. The van der Waals surface area contributed by atoms with Gasteiger partial charge in [-0.15, -0.1) is 11.3 Å². The second kappa shape index (κ2) is 6.87. The maximum atomic E-state index is 13.6. The van der Waals surface area contributed by atoms with Gasteiger partial charge in [-0.3, -0.25) is 9.69 Å². The molecular formula is C14H15ClFN3OS. The third-order valence-corrected chi connectivity index (χ3v) is 4.00. The van der Waals surface area contributed by atoms with Crippen LogP contribution in [-0.2, 0) is 11.3 Å². The van der Waals surface area contributed by atoms with E-state index in [0.717, 1.165) is 5.69 Å². The molecule has 7 heteroatoms. The lowest BCUT2D eigenvalue weighted by Gasteiger charge is -2.14. The van der Waals surface area contributed by atoms with Crippen molar-refractivity contribution in [3.05, 3.63) is 40.1 Å². The molecule has 0 aliphatic rings. The summed E-state index contributed by atoms with van der Waals surface area (Å²) >= 11 is 7.22. The molecule has 0 radical (unpaired) electrons. The molecule has 2 aromatic rings. The Morgan fingerprint density at radius 2 is 2.29 bits per heavy atom. The Kier molecular flexibility index (Phi) is 5.14. The van der Waals surface area contributed by atoms with Crippen LogP contribution in [0.1, 0.15) is 19.5 Å². The van der Waals surface area contributed by atoms with Crippen LogP contribution in [0.25, 0.3) is 0 Å². The fourth-order valence-electron chi connectivity index (χ4n) is 1.81. The van der Waals surface area contributed by atoms with Crippen LogP contribution >= 0.6 is 22.9 Å². The van der Waals surface area contributed by atoms with Crippen molar-refractivity contribution < 1.29 is 9.18 Å². The average molecular weight is 328 g/mol. The Morgan fingerprint density at radius 3 is 2.95 bits per heavy atom. The summed E-state index contributed by atoms with van der Waals surface area (Å²) in [5, 5.41) is 5.91. The van der Waals surface area contributed by atoms with E-state index in [1.807, 2.05) is 12.3 Å². The number of carbonyl (C=O) groups is 1. The Hall–Kier alpha value is -1.66. The number of hydrogen-bond acceptors (Lipinski definition) is 4. The van der Waals surface area contributed by atoms with Crippen LogP contribution in [0.5, 0.6) is 0 Å². The van der Waals surface area contributed by atoms with Crippen molar-refractivity contribution in [1.29, 1.82) is 0 Å². The quantitative estimate of drug-likeness (QED) is 0.905. The number of carbonyl (C=O) groups excluding carboxylic acids is 1. The monoisotopic (exact) mass is 327 g/mol. The highest BCUT2D eigenvalue weighted by atomic mass is 35.5. The van der Waals surface area contributed by atoms with Crippen molar-refractivity contribution in [3.63, 3.8) is 0 Å². The van der Waals surface area contributed by atoms with Crippen molar-refractivity contribution in [2.24, 2.45) is 0 Å². The largest absolute Gasteiger partial charge is 0.377 e. The zero-order valence-electron chi connectivity index (χ0n) is 11.7. The number of amides is 1. The van der Waals surface area contributed by atoms with Gasteiger partial charge in [-0.25, -0.2) is 9.37 Å². The summed E-state index contributed by atoms with van der Waals surface area (Å²) in [5.74, 6) is -0.416. The van der Waals surface area contributed by atoms with E-state index >= 15 is 0 Å². The Labute approximate surface area is 131 Å². The molecule has 2 rings (SSSR count). The number of anilines is 2. The average Bonchev–Trinajstić information content (AvgIpc) is 2.89. The smallest absolute Gasteiger partial charge is 0.225 e. The fraction of sp³-hybridized carbons (Fsp3) is 0.286. The van der Waals surface area contributed by atoms with Gasteiger partial charge in [0, 0.05) is 23.9 Å². The van der Waals surface area contributed by atoms with Gasteiger partial charge >= 0.3 is 0 Å². The summed E-state index contributed by atoms with van der Waals surface area (Å²) in [6, 6.07) is 4.33. The highest BCUT2D eigenvalue weighted by Crippen LogP contribution is 2.23. The van der Waals surface area contributed by atoms with E-state index in [9.17, 15) is 9.18 Å². The molecule has 0 fully saturated rings. The zero-order chi connectivity index (χ0) is 15.4. The SMILES string of the molecule is CCN(C(C)=O)c1nc(CNc2cc(Cl)ccc2F)cs1. The van der Waals surface area contributed by atoms with Gasteiger partial charge in [0.15, 0.2) is 5.13 Å². The third-order valence-electron chi connectivity index (χ3n) is 2.86. The predicted octanol–water partition coefficient (Wildman–Crippen LogP) is 3.92. The van der Waals surface area contributed by atoms with Crippen LogP contribution in [0.3, 0.4) is 0 Å². The van der Waals surface area contributed by atoms with Gasteiger partial charge in [-0.1, -0.05) is 11.6 Å². The first-order chi connectivity index (χ1) is 10.0. The molecule has 1 heterocycles. The van der Waals surface area contributed by atoms with Gasteiger partial charge in [-0.05, 0) is 25.1 Å². The molecule has 21 heavy (non-hydrogen) atoms. The van der Waals surface area contributed by atoms with E-state index < -0.39 is 0 Å². The molecular weight excluding hydrogens is 313 g/mol. The van der Waals surface area contributed by atoms with Crippen molar-refractivity contribution >= 4 is 39.7 Å². The summed E-state index contributed by atoms with van der Waals surface area (Å²) in [7, 11) is 0. The van der Waals surface area contributed by atoms with Crippen LogP contribution in [0.4, 0.5) is 15.2 Å². The van der Waals surface area contributed by atoms with Gasteiger partial charge in [-0.2, -0.15) is 0 Å². The molecule has 1 N–H and O–H groups in total. The first-order valence-electron chi connectivity index (χ1n) is 6.42. The first kappa shape index (κ1) is 15.7. The van der Waals surface area contributed by atoms with E-state index in [0.29, 0.717) is 28.9 Å². The van der Waals surface area contributed by atoms with Crippen LogP contribution in [0.2, 0.25) is 5.02 Å². The Morgan fingerprint density at radius 1 is 1.52 bits per heavy atom. The van der Waals surface area contributed by atoms with E-state index in [4.69, 9.17) is 11.6 Å². The number of nitrogens with one attached hydrogen (secondary N) is 1. The fourth-order valence-corrected chi connectivity index (χ4v) is 2.92. The van der Waals surface area contributed by atoms with Gasteiger partial charge in [0.05, 0.1) is 17.9 Å². The van der Waals surface area contributed by atoms with Crippen LogP contribution < -0.4 is 10.2 Å². The number of nitrogens with zero attached hydrogens (tertiary/aromatic N) is 2. The minimum absolute atomic E-state index is 0.0488. The summed E-state index contributed by atoms with van der Waals surface area (Å²) in [6.45, 7) is 4.33. The number of halogens is 2. The van der Waals surface area contributed by atoms with Crippen molar-refractivity contribution in [3.8, 4) is 0 Å². The van der Waals surface area contributed by atoms with Crippen LogP contribution in [-0.4, -0.2) is 17.4 Å². The number of aromatic nitrogens is 1. The van der Waals surface area contributed by atoms with E-state index in [1.54, 1.807) is 4.90 Å². The molecule has 4 nitrogen and oxygen atoms in total. The molecule has 0 unspecified atom stereocenters. The minimum Gasteiger partial charge on any atom is -0.377 e. The molecule has 0 atom stereocenters. The predicted molar refractivity (Wildman–Crippen MR) is 84.6 cm³/mol. The third kappa shape index (κ3) is 3.92. The number of thiazole rings is 1. The highest BCUT2D eigenvalue weighted by molar-refractivity contribution is 7.14. The molecule has 112 valence electrons. The zero-order valence-corrected chi connectivity index (χ0v) is 13.3. The normalized spacial score (nSPS) is 10.5. The maximum Gasteiger partial charge on any atom is 0.225 e. The Balaban J connectivity index is 2.06. The molecule has 0 aliphatic carbocycles. The van der Waals surface area contributed by atoms with Crippen LogP contribution in [0, 0.1) is 5.82 Å². The second-order valence-corrected chi connectivity index (χ2v) is 5.64. The summed E-state index contributed by atoms with van der Waals surface area (Å²) in [4.78, 5) is 17.4. The van der Waals surface area contributed by atoms with Gasteiger partial charge in [0.25, 0.3) is 0 Å². The molecule has 0 spiro atoms.